The number of aromatic nitrogens is 3. The number of imide groups is 1. The molecule has 3 amide bonds. The fourth-order valence-corrected chi connectivity index (χ4v) is 4.40. The van der Waals surface area contributed by atoms with E-state index in [-0.39, 0.29) is 35.2 Å². The molecule has 0 radical (unpaired) electrons. The maximum Gasteiger partial charge on any atom is 0.293 e. The maximum absolute atomic E-state index is 13.8. The van der Waals surface area contributed by atoms with Crippen molar-refractivity contribution in [2.24, 2.45) is 0 Å². The van der Waals surface area contributed by atoms with E-state index in [2.05, 4.69) is 22.1 Å². The largest absolute Gasteiger partial charge is 0.354 e. The number of rotatable bonds is 9. The number of hydrogen-bond donors (Lipinski definition) is 1. The second kappa shape index (κ2) is 10.4. The fourth-order valence-electron chi connectivity index (χ4n) is 2.72. The Morgan fingerprint density at radius 1 is 1.32 bits per heavy atom. The summed E-state index contributed by atoms with van der Waals surface area (Å²) >= 11 is 1.99. The Labute approximate surface area is 187 Å². The molecule has 0 spiro atoms. The number of benzene rings is 1. The normalized spacial score (nSPS) is 15.0. The van der Waals surface area contributed by atoms with E-state index in [1.165, 1.54) is 30.0 Å². The van der Waals surface area contributed by atoms with Crippen LogP contribution in [0.25, 0.3) is 6.08 Å². The average Bonchev–Trinajstić information content (AvgIpc) is 3.22. The Hall–Kier alpha value is -2.92. The summed E-state index contributed by atoms with van der Waals surface area (Å²) in [6.45, 7) is 6.19. The molecular weight excluding hydrogens is 441 g/mol. The van der Waals surface area contributed by atoms with Gasteiger partial charge in [0.05, 0.1) is 10.7 Å². The van der Waals surface area contributed by atoms with Crippen LogP contribution in [0.3, 0.4) is 0 Å². The quantitative estimate of drug-likeness (QED) is 0.348. The first-order chi connectivity index (χ1) is 14.9. The lowest BCUT2D eigenvalue weighted by Crippen LogP contribution is -2.37. The van der Waals surface area contributed by atoms with Gasteiger partial charge in [0.1, 0.15) is 11.6 Å². The molecule has 2 heterocycles. The second-order valence-electron chi connectivity index (χ2n) is 6.42. The van der Waals surface area contributed by atoms with Crippen LogP contribution in [0.4, 0.5) is 9.18 Å². The molecule has 1 aliphatic heterocycles. The van der Waals surface area contributed by atoms with Gasteiger partial charge in [0.15, 0.2) is 5.16 Å². The van der Waals surface area contributed by atoms with Gasteiger partial charge in [-0.25, -0.2) is 4.39 Å². The first kappa shape index (κ1) is 22.8. The van der Waals surface area contributed by atoms with E-state index in [1.54, 1.807) is 18.2 Å². The summed E-state index contributed by atoms with van der Waals surface area (Å²) in [5, 5.41) is 10.9. The number of nitrogens with one attached hydrogen (secondary N) is 1. The molecule has 2 aromatic rings. The van der Waals surface area contributed by atoms with Crippen molar-refractivity contribution in [2.45, 2.75) is 18.6 Å². The van der Waals surface area contributed by atoms with E-state index in [0.717, 1.165) is 22.5 Å². The lowest BCUT2D eigenvalue weighted by molar-refractivity contribution is -0.123. The minimum Gasteiger partial charge on any atom is -0.354 e. The highest BCUT2D eigenvalue weighted by atomic mass is 32.2. The molecule has 8 nitrogen and oxygen atoms in total. The van der Waals surface area contributed by atoms with Crippen LogP contribution in [0.15, 0.2) is 47.0 Å². The highest BCUT2D eigenvalue weighted by Crippen LogP contribution is 2.32. The number of thioether (sulfide) groups is 2. The van der Waals surface area contributed by atoms with Gasteiger partial charge in [0.25, 0.3) is 11.1 Å². The molecule has 31 heavy (non-hydrogen) atoms. The molecule has 1 aliphatic rings. The second-order valence-corrected chi connectivity index (χ2v) is 8.36. The number of amides is 3. The molecule has 0 bridgehead atoms. The molecule has 3 rings (SSSR count). The van der Waals surface area contributed by atoms with E-state index in [4.69, 9.17) is 0 Å². The first-order valence-electron chi connectivity index (χ1n) is 9.30. The van der Waals surface area contributed by atoms with E-state index in [0.29, 0.717) is 11.7 Å². The molecule has 11 heteroatoms. The number of carbonyl (C=O) groups is 3. The average molecular weight is 462 g/mol. The van der Waals surface area contributed by atoms with Crippen molar-refractivity contribution < 1.29 is 18.8 Å². The Kier molecular flexibility index (Phi) is 7.64. The number of halogens is 1. The monoisotopic (exact) mass is 461 g/mol. The van der Waals surface area contributed by atoms with Gasteiger partial charge >= 0.3 is 0 Å². The summed E-state index contributed by atoms with van der Waals surface area (Å²) in [5.41, 5.74) is 0.234. The molecule has 0 saturated carbocycles. The van der Waals surface area contributed by atoms with E-state index in [1.807, 2.05) is 11.5 Å². The number of hydrogen-bond acceptors (Lipinski definition) is 7. The van der Waals surface area contributed by atoms with Crippen LogP contribution in [-0.2, 0) is 16.1 Å². The molecular formula is C20H20FN5O3S2. The van der Waals surface area contributed by atoms with Gasteiger partial charge in [-0.2, -0.15) is 0 Å². The Balaban J connectivity index is 1.49. The number of aryl methyl sites for hydroxylation is 1. The zero-order chi connectivity index (χ0) is 22.4. The summed E-state index contributed by atoms with van der Waals surface area (Å²) in [4.78, 5) is 37.9. The summed E-state index contributed by atoms with van der Waals surface area (Å²) in [7, 11) is 0. The van der Waals surface area contributed by atoms with E-state index < -0.39 is 17.0 Å². The number of carbonyl (C=O) groups excluding carboxylic acids is 3. The summed E-state index contributed by atoms with van der Waals surface area (Å²) in [6.07, 6.45) is 3.08. The van der Waals surface area contributed by atoms with Gasteiger partial charge in [0, 0.05) is 25.2 Å². The standard InChI is InChI=1S/C20H20FN5O3S2/c1-3-9-25-13(2)23-24-19(25)30-12-17(27)22-8-10-26-18(28)16(31-20(26)29)11-14-6-4-5-7-15(14)21/h3-7,11H,1,8-10,12H2,2H3,(H,22,27)/b16-11-. The van der Waals surface area contributed by atoms with E-state index >= 15 is 0 Å². The third-order valence-corrected chi connectivity index (χ3v) is 6.14. The molecule has 0 aliphatic carbocycles. The van der Waals surface area contributed by atoms with Crippen molar-refractivity contribution >= 4 is 46.7 Å². The minimum atomic E-state index is -0.505. The SMILES string of the molecule is C=CCn1c(C)nnc1SCC(=O)NCCN1C(=O)S/C(=C\c2ccccc2F)C1=O. The predicted molar refractivity (Wildman–Crippen MR) is 118 cm³/mol. The summed E-state index contributed by atoms with van der Waals surface area (Å²) in [6, 6.07) is 6.00. The van der Waals surface area contributed by atoms with Gasteiger partial charge in [-0.05, 0) is 30.8 Å². The van der Waals surface area contributed by atoms with Gasteiger partial charge in [-0.1, -0.05) is 36.0 Å². The molecule has 162 valence electrons. The zero-order valence-corrected chi connectivity index (χ0v) is 18.3. The van der Waals surface area contributed by atoms with Gasteiger partial charge in [-0.3, -0.25) is 19.3 Å². The lowest BCUT2D eigenvalue weighted by Gasteiger charge is -2.13. The third kappa shape index (κ3) is 5.61. The smallest absolute Gasteiger partial charge is 0.293 e. The van der Waals surface area contributed by atoms with Crippen LogP contribution in [0.2, 0.25) is 0 Å². The van der Waals surface area contributed by atoms with Crippen LogP contribution < -0.4 is 5.32 Å². The zero-order valence-electron chi connectivity index (χ0n) is 16.7. The molecule has 0 unspecified atom stereocenters. The van der Waals surface area contributed by atoms with Gasteiger partial charge in [-0.15, -0.1) is 16.8 Å². The molecule has 1 N–H and O–H groups in total. The van der Waals surface area contributed by atoms with Crippen LogP contribution in [-0.4, -0.2) is 55.6 Å². The van der Waals surface area contributed by atoms with Crippen LogP contribution >= 0.6 is 23.5 Å². The third-order valence-electron chi connectivity index (χ3n) is 4.27. The van der Waals surface area contributed by atoms with Crippen molar-refractivity contribution in [3.8, 4) is 0 Å². The number of allylic oxidation sites excluding steroid dienone is 1. The van der Waals surface area contributed by atoms with Gasteiger partial charge in [0.2, 0.25) is 5.91 Å². The van der Waals surface area contributed by atoms with Crippen LogP contribution in [0.1, 0.15) is 11.4 Å². The maximum atomic E-state index is 13.8. The minimum absolute atomic E-state index is 0.0292. The molecule has 1 fully saturated rings. The van der Waals surface area contributed by atoms with Crippen molar-refractivity contribution in [1.29, 1.82) is 0 Å². The highest BCUT2D eigenvalue weighted by molar-refractivity contribution is 8.18. The van der Waals surface area contributed by atoms with Gasteiger partial charge < -0.3 is 9.88 Å². The summed E-state index contributed by atoms with van der Waals surface area (Å²) < 4.78 is 15.6. The molecule has 0 atom stereocenters. The predicted octanol–water partition coefficient (Wildman–Crippen LogP) is 2.86. The Morgan fingerprint density at radius 3 is 2.84 bits per heavy atom. The lowest BCUT2D eigenvalue weighted by atomic mass is 10.2. The van der Waals surface area contributed by atoms with Crippen LogP contribution in [0, 0.1) is 12.7 Å². The molecule has 1 aromatic heterocycles. The van der Waals surface area contributed by atoms with Crippen molar-refractivity contribution in [2.75, 3.05) is 18.8 Å². The number of nitrogens with zero attached hydrogens (tertiary/aromatic N) is 4. The van der Waals surface area contributed by atoms with Crippen molar-refractivity contribution in [1.82, 2.24) is 25.0 Å². The Bertz CT molecular complexity index is 1050. The van der Waals surface area contributed by atoms with Crippen LogP contribution in [0.5, 0.6) is 0 Å². The highest BCUT2D eigenvalue weighted by Gasteiger charge is 2.34. The van der Waals surface area contributed by atoms with E-state index in [9.17, 15) is 18.8 Å². The fraction of sp³-hybridized carbons (Fsp3) is 0.250. The summed E-state index contributed by atoms with van der Waals surface area (Å²) in [5.74, 6) is -0.395. The first-order valence-corrected chi connectivity index (χ1v) is 11.1. The van der Waals surface area contributed by atoms with Crippen molar-refractivity contribution in [3.05, 3.63) is 59.0 Å². The van der Waals surface area contributed by atoms with Crippen molar-refractivity contribution in [3.63, 3.8) is 0 Å². The topological polar surface area (TPSA) is 97.2 Å². The molecule has 1 saturated heterocycles. The Morgan fingerprint density at radius 2 is 2.10 bits per heavy atom. The molecule has 1 aromatic carbocycles.